The molecule has 136 valence electrons. The Morgan fingerprint density at radius 3 is 1.80 bits per heavy atom. The normalized spacial score (nSPS) is 11.8. The molecule has 4 nitrogen and oxygen atoms in total. The molecule has 0 saturated carbocycles. The number of nitrogens with two attached hydrogens (primary N) is 1. The molecule has 2 aromatic carbocycles. The van der Waals surface area contributed by atoms with E-state index in [0.717, 1.165) is 11.1 Å². The van der Waals surface area contributed by atoms with Crippen LogP contribution in [0, 0.1) is 0 Å². The molecule has 0 fully saturated rings. The van der Waals surface area contributed by atoms with Crippen LogP contribution in [0.1, 0.15) is 17.2 Å². The first-order valence-corrected chi connectivity index (χ1v) is 8.21. The van der Waals surface area contributed by atoms with Gasteiger partial charge in [-0.25, -0.2) is 0 Å². The second-order valence-electron chi connectivity index (χ2n) is 5.52. The van der Waals surface area contributed by atoms with Crippen LogP contribution in [0.25, 0.3) is 0 Å². The molecule has 1 atom stereocenters. The Kier molecular flexibility index (Phi) is 8.69. The van der Waals surface area contributed by atoms with Gasteiger partial charge >= 0.3 is 0 Å². The van der Waals surface area contributed by atoms with Gasteiger partial charge in [0.05, 0.1) is 12.6 Å². The fourth-order valence-electron chi connectivity index (χ4n) is 2.57. The molecule has 0 aliphatic rings. The van der Waals surface area contributed by atoms with E-state index in [9.17, 15) is 4.79 Å². The lowest BCUT2D eigenvalue weighted by Crippen LogP contribution is -2.46. The summed E-state index contributed by atoms with van der Waals surface area (Å²) in [5.74, 6) is -0.202. The predicted molar refractivity (Wildman–Crippen MR) is 105 cm³/mol. The maximum atomic E-state index is 12.6. The van der Waals surface area contributed by atoms with Gasteiger partial charge in [0.25, 0.3) is 0 Å². The Morgan fingerprint density at radius 1 is 1.04 bits per heavy atom. The van der Waals surface area contributed by atoms with Crippen molar-refractivity contribution in [3.8, 4) is 0 Å². The summed E-state index contributed by atoms with van der Waals surface area (Å²) in [6, 6.07) is 13.8. The van der Waals surface area contributed by atoms with E-state index in [-0.39, 0.29) is 31.0 Å². The van der Waals surface area contributed by atoms with Crippen LogP contribution < -0.4 is 5.73 Å². The first-order valence-electron chi connectivity index (χ1n) is 7.46. The van der Waals surface area contributed by atoms with E-state index in [1.54, 1.807) is 36.2 Å². The molecular weight excluding hydrogens is 383 g/mol. The lowest BCUT2D eigenvalue weighted by Gasteiger charge is -2.31. The topological polar surface area (TPSA) is 55.6 Å². The average molecular weight is 404 g/mol. The molecule has 0 aliphatic carbocycles. The van der Waals surface area contributed by atoms with Crippen molar-refractivity contribution >= 4 is 41.5 Å². The molecule has 0 spiro atoms. The minimum Gasteiger partial charge on any atom is -0.383 e. The third-order valence-corrected chi connectivity index (χ3v) is 4.27. The van der Waals surface area contributed by atoms with Crippen LogP contribution in [0.3, 0.4) is 0 Å². The van der Waals surface area contributed by atoms with Gasteiger partial charge in [-0.15, -0.1) is 12.4 Å². The van der Waals surface area contributed by atoms with Gasteiger partial charge in [0.15, 0.2) is 0 Å². The molecule has 1 amide bonds. The van der Waals surface area contributed by atoms with E-state index in [4.69, 9.17) is 33.7 Å². The van der Waals surface area contributed by atoms with Gasteiger partial charge in [0.2, 0.25) is 5.91 Å². The Hall–Kier alpha value is -1.30. The Balaban J connectivity index is 0.00000312. The number of amides is 1. The number of nitrogens with zero attached hydrogens (tertiary/aromatic N) is 1. The summed E-state index contributed by atoms with van der Waals surface area (Å²) < 4.78 is 4.99. The molecule has 2 rings (SSSR count). The van der Waals surface area contributed by atoms with Crippen LogP contribution >= 0.6 is 35.6 Å². The van der Waals surface area contributed by atoms with Crippen LogP contribution in [-0.2, 0) is 9.53 Å². The van der Waals surface area contributed by atoms with Gasteiger partial charge in [-0.3, -0.25) is 4.79 Å². The van der Waals surface area contributed by atoms with Crippen LogP contribution in [0.15, 0.2) is 48.5 Å². The zero-order valence-electron chi connectivity index (χ0n) is 14.0. The fraction of sp³-hybridized carbons (Fsp3) is 0.278. The minimum absolute atomic E-state index is 0. The largest absolute Gasteiger partial charge is 0.383 e. The van der Waals surface area contributed by atoms with Crippen LogP contribution in [0.5, 0.6) is 0 Å². The third-order valence-electron chi connectivity index (χ3n) is 3.77. The van der Waals surface area contributed by atoms with Gasteiger partial charge in [0.1, 0.15) is 6.04 Å². The standard InChI is InChI=1S/C18H20Cl2N2O2.ClH/c1-22(18(23)16(21)11-24-2)17(12-3-7-14(19)8-4-12)13-5-9-15(20)10-6-13;/h3-10,16-17H,11,21H2,1-2H3;1H. The summed E-state index contributed by atoms with van der Waals surface area (Å²) in [6.07, 6.45) is 0. The molecule has 0 aromatic heterocycles. The number of likely N-dealkylation sites (N-methyl/N-ethyl adjacent to an activating group) is 1. The van der Waals surface area contributed by atoms with Gasteiger partial charge in [-0.2, -0.15) is 0 Å². The summed E-state index contributed by atoms with van der Waals surface area (Å²) in [7, 11) is 3.24. The van der Waals surface area contributed by atoms with Crippen LogP contribution in [-0.4, -0.2) is 37.6 Å². The van der Waals surface area contributed by atoms with Crippen molar-refractivity contribution in [1.29, 1.82) is 0 Å². The number of ether oxygens (including phenoxy) is 1. The Bertz CT molecular complexity index is 632. The van der Waals surface area contributed by atoms with E-state index in [1.165, 1.54) is 7.11 Å². The van der Waals surface area contributed by atoms with Crippen molar-refractivity contribution in [2.24, 2.45) is 5.73 Å². The smallest absolute Gasteiger partial charge is 0.242 e. The number of hydrogen-bond donors (Lipinski definition) is 1. The fourth-order valence-corrected chi connectivity index (χ4v) is 2.82. The van der Waals surface area contributed by atoms with Crippen molar-refractivity contribution in [2.45, 2.75) is 12.1 Å². The van der Waals surface area contributed by atoms with Crippen molar-refractivity contribution in [1.82, 2.24) is 4.90 Å². The summed E-state index contributed by atoms with van der Waals surface area (Å²) >= 11 is 12.0. The average Bonchev–Trinajstić information content (AvgIpc) is 2.58. The van der Waals surface area contributed by atoms with Gasteiger partial charge in [-0.05, 0) is 35.4 Å². The lowest BCUT2D eigenvalue weighted by atomic mass is 9.97. The molecule has 0 saturated heterocycles. The van der Waals surface area contributed by atoms with Gasteiger partial charge in [0, 0.05) is 24.2 Å². The number of hydrogen-bond acceptors (Lipinski definition) is 3. The molecular formula is C18H21Cl3N2O2. The highest BCUT2D eigenvalue weighted by Gasteiger charge is 2.27. The number of rotatable bonds is 6. The van der Waals surface area contributed by atoms with E-state index in [1.807, 2.05) is 24.3 Å². The van der Waals surface area contributed by atoms with Crippen molar-refractivity contribution in [3.05, 3.63) is 69.7 Å². The molecule has 0 bridgehead atoms. The number of carbonyl (C=O) groups is 1. The zero-order valence-corrected chi connectivity index (χ0v) is 16.3. The molecule has 2 N–H and O–H groups in total. The molecule has 2 aromatic rings. The minimum atomic E-state index is -0.720. The second kappa shape index (κ2) is 10.00. The lowest BCUT2D eigenvalue weighted by molar-refractivity contribution is -0.134. The quantitative estimate of drug-likeness (QED) is 0.795. The van der Waals surface area contributed by atoms with E-state index in [0.29, 0.717) is 10.0 Å². The molecule has 1 unspecified atom stereocenters. The zero-order chi connectivity index (χ0) is 17.7. The molecule has 25 heavy (non-hydrogen) atoms. The number of carbonyl (C=O) groups excluding carboxylic acids is 1. The maximum Gasteiger partial charge on any atom is 0.242 e. The van der Waals surface area contributed by atoms with E-state index in [2.05, 4.69) is 0 Å². The first kappa shape index (κ1) is 21.7. The third kappa shape index (κ3) is 5.59. The van der Waals surface area contributed by atoms with E-state index < -0.39 is 6.04 Å². The first-order chi connectivity index (χ1) is 11.4. The summed E-state index contributed by atoms with van der Waals surface area (Å²) in [5.41, 5.74) is 7.78. The van der Waals surface area contributed by atoms with Gasteiger partial charge < -0.3 is 15.4 Å². The van der Waals surface area contributed by atoms with Gasteiger partial charge in [-0.1, -0.05) is 47.5 Å². The van der Waals surface area contributed by atoms with Crippen LogP contribution in [0.4, 0.5) is 0 Å². The SMILES string of the molecule is COCC(N)C(=O)N(C)C(c1ccc(Cl)cc1)c1ccc(Cl)cc1.Cl. The highest BCUT2D eigenvalue weighted by molar-refractivity contribution is 6.30. The molecule has 0 aliphatic heterocycles. The molecule has 0 heterocycles. The number of halogens is 3. The van der Waals surface area contributed by atoms with Crippen molar-refractivity contribution in [2.75, 3.05) is 20.8 Å². The Morgan fingerprint density at radius 2 is 1.44 bits per heavy atom. The number of methoxy groups -OCH3 is 1. The monoisotopic (exact) mass is 402 g/mol. The van der Waals surface area contributed by atoms with Crippen LogP contribution in [0.2, 0.25) is 10.0 Å². The molecule has 7 heteroatoms. The predicted octanol–water partition coefficient (Wildman–Crippen LogP) is 3.94. The summed E-state index contributed by atoms with van der Waals surface area (Å²) in [4.78, 5) is 14.2. The highest BCUT2D eigenvalue weighted by Crippen LogP contribution is 2.30. The summed E-state index contributed by atoms with van der Waals surface area (Å²) in [5, 5.41) is 1.28. The Labute approximate surface area is 164 Å². The van der Waals surface area contributed by atoms with Crippen molar-refractivity contribution in [3.63, 3.8) is 0 Å². The second-order valence-corrected chi connectivity index (χ2v) is 6.39. The summed E-state index contributed by atoms with van der Waals surface area (Å²) in [6.45, 7) is 0.164. The van der Waals surface area contributed by atoms with E-state index >= 15 is 0 Å². The maximum absolute atomic E-state index is 12.6. The molecule has 0 radical (unpaired) electrons. The van der Waals surface area contributed by atoms with Crippen molar-refractivity contribution < 1.29 is 9.53 Å². The highest BCUT2D eigenvalue weighted by atomic mass is 35.5. The number of benzene rings is 2.